The Morgan fingerprint density at radius 1 is 1.58 bits per heavy atom. The van der Waals surface area contributed by atoms with Gasteiger partial charge in [-0.05, 0) is 34.1 Å². The highest BCUT2D eigenvalue weighted by atomic mass is 79.9. The summed E-state index contributed by atoms with van der Waals surface area (Å²) in [5.74, 6) is 0.129. The van der Waals surface area contributed by atoms with E-state index in [9.17, 15) is 4.39 Å². The number of halogens is 2. The van der Waals surface area contributed by atoms with E-state index in [1.165, 1.54) is 18.2 Å². The van der Waals surface area contributed by atoms with Crippen LogP contribution in [0, 0.1) is 17.1 Å². The van der Waals surface area contributed by atoms with Gasteiger partial charge in [-0.3, -0.25) is 0 Å². The van der Waals surface area contributed by atoms with E-state index in [0.717, 1.165) is 0 Å². The predicted molar refractivity (Wildman–Crippen MR) is 45.2 cm³/mol. The standard InChI is InChI=1S/C8H5BrFNO/c9-7-5-6(10)1-2-8(7)12-4-3-11/h1-2,5H,4H2. The molecule has 0 atom stereocenters. The van der Waals surface area contributed by atoms with Gasteiger partial charge in [0.1, 0.15) is 17.6 Å². The first-order valence-electron chi connectivity index (χ1n) is 3.19. The Kier molecular flexibility index (Phi) is 3.06. The number of nitrogens with zero attached hydrogens (tertiary/aromatic N) is 1. The molecule has 0 saturated carbocycles. The van der Waals surface area contributed by atoms with Crippen LogP contribution in [-0.2, 0) is 0 Å². The highest BCUT2D eigenvalue weighted by Crippen LogP contribution is 2.25. The van der Waals surface area contributed by atoms with Gasteiger partial charge in [-0.25, -0.2) is 4.39 Å². The molecule has 12 heavy (non-hydrogen) atoms. The van der Waals surface area contributed by atoms with Crippen molar-refractivity contribution in [2.75, 3.05) is 6.61 Å². The molecule has 0 aliphatic heterocycles. The number of ether oxygens (including phenoxy) is 1. The van der Waals surface area contributed by atoms with E-state index in [0.29, 0.717) is 10.2 Å². The van der Waals surface area contributed by atoms with E-state index in [1.807, 2.05) is 6.07 Å². The maximum Gasteiger partial charge on any atom is 0.174 e. The Hall–Kier alpha value is -1.08. The molecule has 0 spiro atoms. The molecule has 0 heterocycles. The van der Waals surface area contributed by atoms with Crippen LogP contribution in [0.2, 0.25) is 0 Å². The second-order valence-electron chi connectivity index (χ2n) is 2.02. The van der Waals surface area contributed by atoms with E-state index in [4.69, 9.17) is 10.00 Å². The first-order valence-corrected chi connectivity index (χ1v) is 3.98. The van der Waals surface area contributed by atoms with E-state index < -0.39 is 0 Å². The van der Waals surface area contributed by atoms with Gasteiger partial charge in [0.15, 0.2) is 6.61 Å². The van der Waals surface area contributed by atoms with E-state index in [2.05, 4.69) is 15.9 Å². The van der Waals surface area contributed by atoms with Gasteiger partial charge in [0.2, 0.25) is 0 Å². The Morgan fingerprint density at radius 3 is 2.92 bits per heavy atom. The van der Waals surface area contributed by atoms with Crippen molar-refractivity contribution < 1.29 is 9.13 Å². The molecule has 1 aromatic rings. The van der Waals surface area contributed by atoms with Crippen molar-refractivity contribution >= 4 is 15.9 Å². The number of hydrogen-bond donors (Lipinski definition) is 0. The Morgan fingerprint density at radius 2 is 2.33 bits per heavy atom. The highest BCUT2D eigenvalue weighted by molar-refractivity contribution is 9.10. The number of rotatable bonds is 2. The SMILES string of the molecule is N#CCOc1ccc(F)cc1Br. The summed E-state index contributed by atoms with van der Waals surface area (Å²) in [6.45, 7) is -0.0375. The van der Waals surface area contributed by atoms with E-state index in [-0.39, 0.29) is 12.4 Å². The first-order chi connectivity index (χ1) is 5.74. The molecular weight excluding hydrogens is 225 g/mol. The van der Waals surface area contributed by atoms with Gasteiger partial charge in [0.05, 0.1) is 4.47 Å². The zero-order valence-electron chi connectivity index (χ0n) is 6.05. The summed E-state index contributed by atoms with van der Waals surface area (Å²) in [5.41, 5.74) is 0. The van der Waals surface area contributed by atoms with Crippen molar-refractivity contribution in [3.8, 4) is 11.8 Å². The van der Waals surface area contributed by atoms with Crippen molar-refractivity contribution in [1.29, 1.82) is 5.26 Å². The van der Waals surface area contributed by atoms with Gasteiger partial charge < -0.3 is 4.74 Å². The summed E-state index contributed by atoms with van der Waals surface area (Å²) < 4.78 is 18.0. The molecule has 4 heteroatoms. The summed E-state index contributed by atoms with van der Waals surface area (Å²) in [6.07, 6.45) is 0. The second kappa shape index (κ2) is 4.07. The second-order valence-corrected chi connectivity index (χ2v) is 2.88. The minimum atomic E-state index is -0.341. The molecule has 0 unspecified atom stereocenters. The summed E-state index contributed by atoms with van der Waals surface area (Å²) >= 11 is 3.10. The van der Waals surface area contributed by atoms with Gasteiger partial charge in [-0.2, -0.15) is 5.26 Å². The average Bonchev–Trinajstić information content (AvgIpc) is 2.03. The van der Waals surface area contributed by atoms with Crippen LogP contribution >= 0.6 is 15.9 Å². The lowest BCUT2D eigenvalue weighted by Crippen LogP contribution is -1.94. The summed E-state index contributed by atoms with van der Waals surface area (Å²) in [5, 5.41) is 8.21. The van der Waals surface area contributed by atoms with Crippen LogP contribution in [0.15, 0.2) is 22.7 Å². The molecule has 0 N–H and O–H groups in total. The third-order valence-electron chi connectivity index (χ3n) is 1.19. The minimum absolute atomic E-state index is 0.0375. The molecule has 0 fully saturated rings. The molecule has 1 aromatic carbocycles. The van der Waals surface area contributed by atoms with Crippen LogP contribution in [0.25, 0.3) is 0 Å². The molecule has 0 radical (unpaired) electrons. The molecule has 2 nitrogen and oxygen atoms in total. The summed E-state index contributed by atoms with van der Waals surface area (Å²) in [4.78, 5) is 0. The zero-order valence-corrected chi connectivity index (χ0v) is 7.64. The molecule has 0 aromatic heterocycles. The first kappa shape index (κ1) is 9.01. The lowest BCUT2D eigenvalue weighted by Gasteiger charge is -2.02. The van der Waals surface area contributed by atoms with Crippen molar-refractivity contribution in [2.45, 2.75) is 0 Å². The normalized spacial score (nSPS) is 9.08. The molecule has 0 amide bonds. The summed E-state index contributed by atoms with van der Waals surface area (Å²) in [7, 11) is 0. The molecular formula is C8H5BrFNO. The average molecular weight is 230 g/mol. The Bertz CT molecular complexity index is 321. The highest BCUT2D eigenvalue weighted by Gasteiger charge is 2.01. The third-order valence-corrected chi connectivity index (χ3v) is 1.81. The monoisotopic (exact) mass is 229 g/mol. The van der Waals surface area contributed by atoms with Crippen molar-refractivity contribution in [3.63, 3.8) is 0 Å². The van der Waals surface area contributed by atoms with Crippen LogP contribution < -0.4 is 4.74 Å². The molecule has 0 bridgehead atoms. The topological polar surface area (TPSA) is 33.0 Å². The molecule has 0 aliphatic rings. The van der Waals surface area contributed by atoms with Gasteiger partial charge in [0.25, 0.3) is 0 Å². The third kappa shape index (κ3) is 2.21. The number of nitriles is 1. The quantitative estimate of drug-likeness (QED) is 0.781. The maximum absolute atomic E-state index is 12.5. The number of hydrogen-bond acceptors (Lipinski definition) is 2. The lowest BCUT2D eigenvalue weighted by atomic mass is 10.3. The smallest absolute Gasteiger partial charge is 0.174 e. The number of benzene rings is 1. The van der Waals surface area contributed by atoms with Gasteiger partial charge in [-0.15, -0.1) is 0 Å². The Labute approximate surface area is 77.7 Å². The molecule has 62 valence electrons. The van der Waals surface area contributed by atoms with Crippen LogP contribution in [0.1, 0.15) is 0 Å². The molecule has 0 aliphatic carbocycles. The van der Waals surface area contributed by atoms with Crippen molar-refractivity contribution in [1.82, 2.24) is 0 Å². The van der Waals surface area contributed by atoms with Crippen LogP contribution in [-0.4, -0.2) is 6.61 Å². The van der Waals surface area contributed by atoms with Gasteiger partial charge >= 0.3 is 0 Å². The van der Waals surface area contributed by atoms with Crippen LogP contribution in [0.5, 0.6) is 5.75 Å². The fourth-order valence-corrected chi connectivity index (χ4v) is 1.17. The molecule has 0 saturated heterocycles. The lowest BCUT2D eigenvalue weighted by molar-refractivity contribution is 0.365. The predicted octanol–water partition coefficient (Wildman–Crippen LogP) is 2.49. The zero-order chi connectivity index (χ0) is 8.97. The molecule has 1 rings (SSSR count). The van der Waals surface area contributed by atoms with Crippen LogP contribution in [0.3, 0.4) is 0 Å². The largest absolute Gasteiger partial charge is 0.478 e. The summed E-state index contributed by atoms with van der Waals surface area (Å²) in [6, 6.07) is 5.85. The van der Waals surface area contributed by atoms with E-state index >= 15 is 0 Å². The minimum Gasteiger partial charge on any atom is -0.478 e. The Balaban J connectivity index is 2.81. The fourth-order valence-electron chi connectivity index (χ4n) is 0.702. The van der Waals surface area contributed by atoms with Gasteiger partial charge in [-0.1, -0.05) is 0 Å². The van der Waals surface area contributed by atoms with E-state index in [1.54, 1.807) is 0 Å². The van der Waals surface area contributed by atoms with Crippen molar-refractivity contribution in [2.24, 2.45) is 0 Å². The van der Waals surface area contributed by atoms with Crippen molar-refractivity contribution in [3.05, 3.63) is 28.5 Å². The maximum atomic E-state index is 12.5. The fraction of sp³-hybridized carbons (Fsp3) is 0.125. The van der Waals surface area contributed by atoms with Crippen LogP contribution in [0.4, 0.5) is 4.39 Å². The van der Waals surface area contributed by atoms with Gasteiger partial charge in [0, 0.05) is 0 Å².